The van der Waals surface area contributed by atoms with Crippen molar-refractivity contribution in [2.24, 2.45) is 5.73 Å². The number of benzene rings is 2. The summed E-state index contributed by atoms with van der Waals surface area (Å²) in [4.78, 5) is 61.5. The van der Waals surface area contributed by atoms with Crippen molar-refractivity contribution in [2.45, 2.75) is 68.6 Å². The monoisotopic (exact) mass is 786 g/mol. The van der Waals surface area contributed by atoms with Gasteiger partial charge in [0.1, 0.15) is 11.6 Å². The number of anilines is 1. The average Bonchev–Trinajstić information content (AvgIpc) is 3.88. The Bertz CT molecular complexity index is 1900. The number of fused-ring (bicyclic) bond motifs is 1. The second-order valence-corrected chi connectivity index (χ2v) is 13.3. The van der Waals surface area contributed by atoms with Gasteiger partial charge in [0, 0.05) is 23.4 Å². The molecule has 1 saturated heterocycles. The van der Waals surface area contributed by atoms with E-state index in [1.165, 1.54) is 0 Å². The summed E-state index contributed by atoms with van der Waals surface area (Å²) in [7, 11) is 0. The van der Waals surface area contributed by atoms with Gasteiger partial charge in [-0.25, -0.2) is 14.6 Å². The van der Waals surface area contributed by atoms with Crippen molar-refractivity contribution in [3.63, 3.8) is 0 Å². The number of aliphatic carboxylic acids is 2. The first-order chi connectivity index (χ1) is 25.1. The lowest BCUT2D eigenvalue weighted by Gasteiger charge is -2.36. The first kappa shape index (κ1) is 43.1. The van der Waals surface area contributed by atoms with Gasteiger partial charge < -0.3 is 41.3 Å². The van der Waals surface area contributed by atoms with Crippen molar-refractivity contribution < 1.29 is 60.5 Å². The third kappa shape index (κ3) is 11.1. The molecular formula is C34H36F6N6O7S. The number of carboxylic acids is 2. The van der Waals surface area contributed by atoms with Gasteiger partial charge in [-0.15, -0.1) is 11.3 Å². The Morgan fingerprint density at radius 2 is 1.57 bits per heavy atom. The molecule has 2 amide bonds. The number of carbonyl (C=O) groups is 5. The Kier molecular flexibility index (Phi) is 14.1. The number of carboxylic acid groups (broad SMARTS) is 2. The van der Waals surface area contributed by atoms with E-state index in [0.29, 0.717) is 0 Å². The van der Waals surface area contributed by atoms with Crippen LogP contribution in [0.3, 0.4) is 0 Å². The van der Waals surface area contributed by atoms with Gasteiger partial charge in [-0.3, -0.25) is 9.59 Å². The minimum Gasteiger partial charge on any atom is -0.475 e. The zero-order valence-corrected chi connectivity index (χ0v) is 29.4. The van der Waals surface area contributed by atoms with Crippen LogP contribution < -0.4 is 21.7 Å². The molecule has 0 saturated carbocycles. The number of alkyl halides is 6. The fraction of sp³-hybridized carbons (Fsp3) is 0.353. The van der Waals surface area contributed by atoms with Crippen molar-refractivity contribution in [2.75, 3.05) is 11.9 Å². The number of aldehydes is 1. The van der Waals surface area contributed by atoms with Crippen LogP contribution in [0.2, 0.25) is 0 Å². The molecule has 13 nitrogen and oxygen atoms in total. The van der Waals surface area contributed by atoms with E-state index in [9.17, 15) is 40.7 Å². The molecule has 4 aromatic rings. The molecule has 0 radical (unpaired) electrons. The minimum absolute atomic E-state index is 0.129. The van der Waals surface area contributed by atoms with Crippen LogP contribution in [0.5, 0.6) is 0 Å². The summed E-state index contributed by atoms with van der Waals surface area (Å²) >= 11 is 1.59. The molecule has 0 aliphatic carbocycles. The highest BCUT2D eigenvalue weighted by Gasteiger charge is 2.44. The number of nitrogens with zero attached hydrogens (tertiary/aromatic N) is 2. The lowest BCUT2D eigenvalue weighted by molar-refractivity contribution is -0.193. The molecule has 20 heteroatoms. The second-order valence-electron chi connectivity index (χ2n) is 12.4. The van der Waals surface area contributed by atoms with Crippen LogP contribution in [0.1, 0.15) is 37.8 Å². The summed E-state index contributed by atoms with van der Waals surface area (Å²) in [6.07, 6.45) is -3.91. The van der Waals surface area contributed by atoms with Crippen LogP contribution in [0.25, 0.3) is 10.1 Å². The number of carbonyl (C=O) groups excluding carboxylic acids is 3. The summed E-state index contributed by atoms with van der Waals surface area (Å²) in [5.41, 5.74) is 5.63. The van der Waals surface area contributed by atoms with E-state index in [1.807, 2.05) is 60.0 Å². The van der Waals surface area contributed by atoms with Crippen LogP contribution in [-0.2, 0) is 35.9 Å². The molecule has 3 heterocycles. The maximum atomic E-state index is 13.6. The Morgan fingerprint density at radius 3 is 2.09 bits per heavy atom. The lowest BCUT2D eigenvalue weighted by atomic mass is 9.82. The topological polar surface area (TPSA) is 206 Å². The Morgan fingerprint density at radius 1 is 1.00 bits per heavy atom. The first-order valence-corrected chi connectivity index (χ1v) is 16.7. The van der Waals surface area contributed by atoms with Crippen LogP contribution in [-0.4, -0.2) is 86.3 Å². The fourth-order valence-electron chi connectivity index (χ4n) is 5.27. The van der Waals surface area contributed by atoms with E-state index in [4.69, 9.17) is 25.5 Å². The van der Waals surface area contributed by atoms with Crippen LogP contribution in [0.15, 0.2) is 72.5 Å². The fourth-order valence-corrected chi connectivity index (χ4v) is 6.25. The van der Waals surface area contributed by atoms with Gasteiger partial charge in [-0.1, -0.05) is 48.5 Å². The van der Waals surface area contributed by atoms with Crippen molar-refractivity contribution >= 4 is 57.3 Å². The lowest BCUT2D eigenvalue weighted by Crippen LogP contribution is -2.55. The summed E-state index contributed by atoms with van der Waals surface area (Å²) in [5.74, 6) is -6.09. The van der Waals surface area contributed by atoms with Gasteiger partial charge in [0.25, 0.3) is 0 Å². The molecule has 2 aromatic heterocycles. The molecule has 2 unspecified atom stereocenters. The number of halogens is 6. The molecule has 0 bridgehead atoms. The second kappa shape index (κ2) is 17.7. The number of thiophene rings is 1. The summed E-state index contributed by atoms with van der Waals surface area (Å²) in [5, 5.41) is 26.4. The number of amides is 2. The average molecular weight is 787 g/mol. The van der Waals surface area contributed by atoms with Crippen LogP contribution in [0.4, 0.5) is 32.2 Å². The van der Waals surface area contributed by atoms with Crippen molar-refractivity contribution in [1.29, 1.82) is 0 Å². The van der Waals surface area contributed by atoms with Crippen molar-refractivity contribution in [1.82, 2.24) is 20.2 Å². The maximum Gasteiger partial charge on any atom is 0.490 e. The number of imidazole rings is 1. The highest BCUT2D eigenvalue weighted by molar-refractivity contribution is 7.17. The summed E-state index contributed by atoms with van der Waals surface area (Å²) in [6.45, 7) is 4.01. The van der Waals surface area contributed by atoms with Crippen molar-refractivity contribution in [3.05, 3.63) is 83.6 Å². The third-order valence-corrected chi connectivity index (χ3v) is 8.96. The molecule has 2 aromatic carbocycles. The van der Waals surface area contributed by atoms with Gasteiger partial charge in [0.05, 0.1) is 11.9 Å². The zero-order valence-electron chi connectivity index (χ0n) is 28.6. The molecule has 1 aliphatic rings. The number of nitrogens with one attached hydrogen (secondary N) is 3. The first-order valence-electron chi connectivity index (χ1n) is 15.9. The Labute approximate surface area is 307 Å². The van der Waals surface area contributed by atoms with E-state index in [2.05, 4.69) is 20.9 Å². The molecule has 0 spiro atoms. The normalized spacial score (nSPS) is 16.1. The predicted molar refractivity (Wildman–Crippen MR) is 185 cm³/mol. The van der Waals surface area contributed by atoms with E-state index >= 15 is 0 Å². The molecule has 7 N–H and O–H groups in total. The largest absolute Gasteiger partial charge is 0.490 e. The van der Waals surface area contributed by atoms with Gasteiger partial charge in [0.15, 0.2) is 12.1 Å². The maximum absolute atomic E-state index is 13.6. The van der Waals surface area contributed by atoms with Gasteiger partial charge in [-0.05, 0) is 61.2 Å². The number of rotatable bonds is 10. The molecule has 5 rings (SSSR count). The predicted octanol–water partition coefficient (Wildman–Crippen LogP) is 4.46. The quantitative estimate of drug-likeness (QED) is 0.0984. The molecule has 54 heavy (non-hydrogen) atoms. The molecule has 1 aliphatic heterocycles. The van der Waals surface area contributed by atoms with Crippen LogP contribution >= 0.6 is 11.3 Å². The number of aromatic nitrogens is 2. The smallest absolute Gasteiger partial charge is 0.475 e. The van der Waals surface area contributed by atoms with Crippen molar-refractivity contribution in [3.8, 4) is 0 Å². The Hall–Kier alpha value is -5.34. The SMILES string of the molecule is CC(C)(N)C(=O)N[C@H](Cc1csc2ccccc12)C(=O)Nc1cn(C(C=O)(c2ccccc2)C2CCCN2)cn1.O=C(O)C(F)(F)F.O=C(O)C(F)(F)F. The third-order valence-electron chi connectivity index (χ3n) is 7.95. The number of nitrogens with two attached hydrogens (primary N) is 1. The van der Waals surface area contributed by atoms with Gasteiger partial charge in [0.2, 0.25) is 11.8 Å². The van der Waals surface area contributed by atoms with E-state index in [0.717, 1.165) is 46.9 Å². The summed E-state index contributed by atoms with van der Waals surface area (Å²) in [6, 6.07) is 16.5. The standard InChI is InChI=1S/C30H34N6O3S.2C2HF3O2/c1-29(2,31)28(39)34-23(15-20-17-40-24-12-7-6-11-22(20)24)27(38)35-26-16-36(19-33-26)30(18-37,25-13-8-14-32-25)21-9-4-3-5-10-21;2*3-2(4,5)1(6)7/h3-7,9-12,16-19,23,25,32H,8,13-15,31H2,1-2H3,(H,34,39)(H,35,38);2*(H,6,7)/t23-,25?,30?;;/m1../s1. The molecular weight excluding hydrogens is 750 g/mol. The van der Waals surface area contributed by atoms with E-state index in [-0.39, 0.29) is 18.3 Å². The highest BCUT2D eigenvalue weighted by Crippen LogP contribution is 2.33. The molecule has 3 atom stereocenters. The Balaban J connectivity index is 0.000000476. The molecule has 1 fully saturated rings. The van der Waals surface area contributed by atoms with Crippen LogP contribution in [0, 0.1) is 0 Å². The summed E-state index contributed by atoms with van der Waals surface area (Å²) < 4.78 is 66.3. The number of hydrogen-bond acceptors (Lipinski definition) is 9. The zero-order chi connectivity index (χ0) is 40.5. The van der Waals surface area contributed by atoms with Gasteiger partial charge >= 0.3 is 24.3 Å². The highest BCUT2D eigenvalue weighted by atomic mass is 32.1. The minimum atomic E-state index is -5.08. The van der Waals surface area contributed by atoms with Gasteiger partial charge in [-0.2, -0.15) is 26.3 Å². The van der Waals surface area contributed by atoms with E-state index in [1.54, 1.807) is 42.3 Å². The van der Waals surface area contributed by atoms with E-state index < -0.39 is 53.2 Å². The number of hydrogen-bond donors (Lipinski definition) is 6. The molecule has 292 valence electrons.